The monoisotopic (exact) mass is 238 g/mol. The van der Waals surface area contributed by atoms with E-state index in [1.54, 1.807) is 0 Å². The number of rotatable bonds is 2. The number of carbonyl (C=O) groups is 1. The molecule has 2 aromatic rings. The minimum absolute atomic E-state index is 0.218. The van der Waals surface area contributed by atoms with Crippen LogP contribution in [0.2, 0.25) is 0 Å². The van der Waals surface area contributed by atoms with Crippen molar-refractivity contribution >= 4 is 17.3 Å². The Kier molecular flexibility index (Phi) is 2.81. The minimum Gasteiger partial charge on any atom is -0.340 e. The van der Waals surface area contributed by atoms with Gasteiger partial charge in [0, 0.05) is 17.7 Å². The molecule has 0 fully saturated rings. The third-order valence-electron chi connectivity index (χ3n) is 3.14. The van der Waals surface area contributed by atoms with Gasteiger partial charge >= 0.3 is 0 Å². The van der Waals surface area contributed by atoms with Crippen molar-refractivity contribution in [2.24, 2.45) is 0 Å². The van der Waals surface area contributed by atoms with E-state index in [1.165, 1.54) is 0 Å². The summed E-state index contributed by atoms with van der Waals surface area (Å²) in [4.78, 5) is 16.2. The molecule has 18 heavy (non-hydrogen) atoms. The topological polar surface area (TPSA) is 42.0 Å². The molecule has 1 aliphatic rings. The van der Waals surface area contributed by atoms with Gasteiger partial charge in [-0.15, -0.1) is 0 Å². The summed E-state index contributed by atoms with van der Waals surface area (Å²) in [7, 11) is 0. The zero-order valence-corrected chi connectivity index (χ0v) is 10.0. The molecule has 0 spiro atoms. The van der Waals surface area contributed by atoms with Gasteiger partial charge in [0.2, 0.25) is 0 Å². The molecule has 3 rings (SSSR count). The number of para-hydroxylation sites is 1. The highest BCUT2D eigenvalue weighted by Crippen LogP contribution is 2.22. The van der Waals surface area contributed by atoms with E-state index < -0.39 is 0 Å². The number of nitrogens with one attached hydrogen (secondary N) is 1. The van der Waals surface area contributed by atoms with E-state index in [-0.39, 0.29) is 5.78 Å². The Morgan fingerprint density at radius 1 is 1.00 bits per heavy atom. The number of carbonyl (C=O) groups excluding carboxylic acids is 1. The van der Waals surface area contributed by atoms with Gasteiger partial charge in [-0.1, -0.05) is 18.2 Å². The number of hydrogen-bond acceptors (Lipinski definition) is 3. The van der Waals surface area contributed by atoms with E-state index in [9.17, 15) is 4.79 Å². The number of aryl methyl sites for hydroxylation is 1. The second-order valence-electron chi connectivity index (χ2n) is 4.46. The molecule has 0 aliphatic heterocycles. The lowest BCUT2D eigenvalue weighted by molar-refractivity contribution is 0.0971. The lowest BCUT2D eigenvalue weighted by Crippen LogP contribution is -2.13. The summed E-state index contributed by atoms with van der Waals surface area (Å²) >= 11 is 0. The van der Waals surface area contributed by atoms with E-state index in [4.69, 9.17) is 0 Å². The maximum Gasteiger partial charge on any atom is 0.164 e. The van der Waals surface area contributed by atoms with E-state index in [0.717, 1.165) is 35.6 Å². The van der Waals surface area contributed by atoms with Crippen molar-refractivity contribution in [1.82, 2.24) is 4.98 Å². The summed E-state index contributed by atoms with van der Waals surface area (Å²) in [5.41, 5.74) is 2.72. The van der Waals surface area contributed by atoms with Gasteiger partial charge < -0.3 is 5.32 Å². The highest BCUT2D eigenvalue weighted by molar-refractivity contribution is 5.98. The molecule has 0 radical (unpaired) electrons. The summed E-state index contributed by atoms with van der Waals surface area (Å²) < 4.78 is 0. The lowest BCUT2D eigenvalue weighted by Gasteiger charge is -2.15. The average molecular weight is 238 g/mol. The van der Waals surface area contributed by atoms with Crippen molar-refractivity contribution in [3.63, 3.8) is 0 Å². The number of aromatic nitrogens is 1. The quantitative estimate of drug-likeness (QED) is 0.872. The fraction of sp³-hybridized carbons (Fsp3) is 0.200. The first-order chi connectivity index (χ1) is 8.83. The molecule has 3 nitrogen and oxygen atoms in total. The first-order valence-corrected chi connectivity index (χ1v) is 6.18. The molecule has 0 bridgehead atoms. The summed E-state index contributed by atoms with van der Waals surface area (Å²) in [6.07, 6.45) is 2.46. The van der Waals surface area contributed by atoms with Gasteiger partial charge in [-0.3, -0.25) is 4.79 Å². The molecule has 0 saturated carbocycles. The molecule has 1 N–H and O–H groups in total. The van der Waals surface area contributed by atoms with Gasteiger partial charge in [0.1, 0.15) is 5.82 Å². The number of hydrogen-bond donors (Lipinski definition) is 1. The number of nitrogens with zero attached hydrogens (tertiary/aromatic N) is 1. The first-order valence-electron chi connectivity index (χ1n) is 6.18. The van der Waals surface area contributed by atoms with Gasteiger partial charge in [0.05, 0.1) is 5.69 Å². The van der Waals surface area contributed by atoms with Crippen LogP contribution < -0.4 is 5.32 Å². The van der Waals surface area contributed by atoms with Gasteiger partial charge in [-0.25, -0.2) is 4.98 Å². The minimum atomic E-state index is 0.218. The predicted octanol–water partition coefficient (Wildman–Crippen LogP) is 3.34. The summed E-state index contributed by atoms with van der Waals surface area (Å²) in [6, 6.07) is 13.7. The molecule has 0 atom stereocenters. The number of pyridine rings is 1. The van der Waals surface area contributed by atoms with Gasteiger partial charge in [-0.2, -0.15) is 0 Å². The average Bonchev–Trinajstić information content (AvgIpc) is 2.40. The smallest absolute Gasteiger partial charge is 0.164 e. The Balaban J connectivity index is 1.89. The Morgan fingerprint density at radius 2 is 1.83 bits per heavy atom. The van der Waals surface area contributed by atoms with Gasteiger partial charge in [0.15, 0.2) is 5.78 Å². The summed E-state index contributed by atoms with van der Waals surface area (Å²) in [6.45, 7) is 0. The number of Topliss-reactive ketones (excluding diaryl/α,β-unsaturated/α-hetero) is 1. The second-order valence-corrected chi connectivity index (χ2v) is 4.46. The van der Waals surface area contributed by atoms with Gasteiger partial charge in [0.25, 0.3) is 0 Å². The molecule has 1 aromatic heterocycles. The normalized spacial score (nSPS) is 14.1. The first kappa shape index (κ1) is 11.0. The van der Waals surface area contributed by atoms with Crippen LogP contribution >= 0.6 is 0 Å². The standard InChI is InChI=1S/C15H14N2O/c18-14-8-4-7-13-12(14)9-10-15(17-13)16-11-5-2-1-3-6-11/h1-3,5-6,9-10H,4,7-8H2,(H,16,17). The van der Waals surface area contributed by atoms with Crippen molar-refractivity contribution in [1.29, 1.82) is 0 Å². The molecule has 0 unspecified atom stereocenters. The second kappa shape index (κ2) is 4.61. The van der Waals surface area contributed by atoms with Crippen LogP contribution in [0.1, 0.15) is 28.9 Å². The van der Waals surface area contributed by atoms with Gasteiger partial charge in [-0.05, 0) is 37.1 Å². The maximum absolute atomic E-state index is 11.7. The van der Waals surface area contributed by atoms with E-state index in [2.05, 4.69) is 10.3 Å². The summed E-state index contributed by atoms with van der Waals surface area (Å²) in [5.74, 6) is 1.02. The number of anilines is 2. The van der Waals surface area contributed by atoms with Crippen LogP contribution in [0.3, 0.4) is 0 Å². The fourth-order valence-electron chi connectivity index (χ4n) is 2.24. The van der Waals surface area contributed by atoms with E-state index >= 15 is 0 Å². The molecule has 0 amide bonds. The van der Waals surface area contributed by atoms with Crippen molar-refractivity contribution in [3.8, 4) is 0 Å². The third kappa shape index (κ3) is 2.12. The predicted molar refractivity (Wildman–Crippen MR) is 71.2 cm³/mol. The van der Waals surface area contributed by atoms with Crippen LogP contribution in [0.25, 0.3) is 0 Å². The largest absolute Gasteiger partial charge is 0.340 e. The van der Waals surface area contributed by atoms with Crippen LogP contribution in [0, 0.1) is 0 Å². The Hall–Kier alpha value is -2.16. The molecule has 1 aromatic carbocycles. The molecule has 90 valence electrons. The fourth-order valence-corrected chi connectivity index (χ4v) is 2.24. The zero-order valence-electron chi connectivity index (χ0n) is 10.0. The van der Waals surface area contributed by atoms with Crippen molar-refractivity contribution in [2.75, 3.05) is 5.32 Å². The number of fused-ring (bicyclic) bond motifs is 1. The van der Waals surface area contributed by atoms with Crippen LogP contribution in [-0.4, -0.2) is 10.8 Å². The number of ketones is 1. The van der Waals surface area contributed by atoms with E-state index in [0.29, 0.717) is 6.42 Å². The molecule has 3 heteroatoms. The molecule has 1 aliphatic carbocycles. The Bertz CT molecular complexity index is 578. The lowest BCUT2D eigenvalue weighted by atomic mass is 9.95. The molecule has 1 heterocycles. The third-order valence-corrected chi connectivity index (χ3v) is 3.14. The molecular formula is C15H14N2O. The maximum atomic E-state index is 11.7. The van der Waals surface area contributed by atoms with Crippen molar-refractivity contribution in [3.05, 3.63) is 53.7 Å². The van der Waals surface area contributed by atoms with Crippen molar-refractivity contribution in [2.45, 2.75) is 19.3 Å². The highest BCUT2D eigenvalue weighted by atomic mass is 16.1. The van der Waals surface area contributed by atoms with Crippen LogP contribution in [0.15, 0.2) is 42.5 Å². The van der Waals surface area contributed by atoms with Crippen LogP contribution in [-0.2, 0) is 6.42 Å². The Labute approximate surface area is 106 Å². The molecule has 0 saturated heterocycles. The SMILES string of the molecule is O=C1CCCc2nc(Nc3ccccc3)ccc21. The summed E-state index contributed by atoms with van der Waals surface area (Å²) in [5, 5.41) is 3.25. The van der Waals surface area contributed by atoms with E-state index in [1.807, 2.05) is 42.5 Å². The number of benzene rings is 1. The van der Waals surface area contributed by atoms with Crippen molar-refractivity contribution < 1.29 is 4.79 Å². The van der Waals surface area contributed by atoms with Crippen LogP contribution in [0.5, 0.6) is 0 Å². The Morgan fingerprint density at radius 3 is 2.67 bits per heavy atom. The highest BCUT2D eigenvalue weighted by Gasteiger charge is 2.18. The molecular weight excluding hydrogens is 224 g/mol. The van der Waals surface area contributed by atoms with Crippen LogP contribution in [0.4, 0.5) is 11.5 Å². The zero-order chi connectivity index (χ0) is 12.4.